The van der Waals surface area contributed by atoms with Crippen molar-refractivity contribution in [2.24, 2.45) is 5.92 Å². The standard InChI is InChI=1S/C10H18N2O/c1-5-12-9(4)6-10(11-12)13-7-8(2)3/h6,8H,5,7H2,1-4H3. The molecular weight excluding hydrogens is 164 g/mol. The van der Waals surface area contributed by atoms with Crippen molar-refractivity contribution < 1.29 is 4.74 Å². The summed E-state index contributed by atoms with van der Waals surface area (Å²) < 4.78 is 7.44. The molecule has 0 spiro atoms. The lowest BCUT2D eigenvalue weighted by Crippen LogP contribution is -2.05. The normalized spacial score (nSPS) is 10.8. The van der Waals surface area contributed by atoms with Crippen LogP contribution in [0, 0.1) is 12.8 Å². The molecule has 1 heterocycles. The van der Waals surface area contributed by atoms with E-state index in [2.05, 4.69) is 25.9 Å². The van der Waals surface area contributed by atoms with E-state index in [-0.39, 0.29) is 0 Å². The first kappa shape index (κ1) is 10.1. The highest BCUT2D eigenvalue weighted by atomic mass is 16.5. The van der Waals surface area contributed by atoms with Crippen LogP contribution in [0.15, 0.2) is 6.07 Å². The minimum absolute atomic E-state index is 0.548. The molecule has 3 heteroatoms. The van der Waals surface area contributed by atoms with Gasteiger partial charge in [-0.25, -0.2) is 0 Å². The zero-order chi connectivity index (χ0) is 9.84. The molecule has 1 rings (SSSR count). The molecule has 0 bridgehead atoms. The van der Waals surface area contributed by atoms with Crippen molar-refractivity contribution in [3.05, 3.63) is 11.8 Å². The first-order chi connectivity index (χ1) is 6.13. The Balaban J connectivity index is 2.57. The molecule has 0 unspecified atom stereocenters. The summed E-state index contributed by atoms with van der Waals surface area (Å²) in [7, 11) is 0. The molecule has 13 heavy (non-hydrogen) atoms. The number of rotatable bonds is 4. The van der Waals surface area contributed by atoms with Crippen molar-refractivity contribution in [1.82, 2.24) is 9.78 Å². The Morgan fingerprint density at radius 3 is 2.69 bits per heavy atom. The SMILES string of the molecule is CCn1nc(OCC(C)C)cc1C. The molecule has 0 fully saturated rings. The van der Waals surface area contributed by atoms with Gasteiger partial charge in [-0.1, -0.05) is 13.8 Å². The summed E-state index contributed by atoms with van der Waals surface area (Å²) in [6.45, 7) is 10.0. The maximum absolute atomic E-state index is 5.50. The first-order valence-corrected chi connectivity index (χ1v) is 4.80. The van der Waals surface area contributed by atoms with Crippen molar-refractivity contribution in [3.8, 4) is 5.88 Å². The third kappa shape index (κ3) is 2.76. The lowest BCUT2D eigenvalue weighted by Gasteiger charge is -2.04. The van der Waals surface area contributed by atoms with E-state index < -0.39 is 0 Å². The van der Waals surface area contributed by atoms with Crippen LogP contribution in [-0.4, -0.2) is 16.4 Å². The third-order valence-electron chi connectivity index (χ3n) is 1.82. The highest BCUT2D eigenvalue weighted by Gasteiger charge is 2.03. The van der Waals surface area contributed by atoms with Gasteiger partial charge in [0.25, 0.3) is 0 Å². The van der Waals surface area contributed by atoms with Crippen molar-refractivity contribution in [2.45, 2.75) is 34.2 Å². The summed E-state index contributed by atoms with van der Waals surface area (Å²) in [5.74, 6) is 1.29. The molecule has 74 valence electrons. The van der Waals surface area contributed by atoms with E-state index in [0.29, 0.717) is 5.92 Å². The minimum atomic E-state index is 0.548. The number of nitrogens with zero attached hydrogens (tertiary/aromatic N) is 2. The van der Waals surface area contributed by atoms with Crippen molar-refractivity contribution in [3.63, 3.8) is 0 Å². The predicted octanol–water partition coefficient (Wildman–Crippen LogP) is 2.25. The predicted molar refractivity (Wildman–Crippen MR) is 53.0 cm³/mol. The van der Waals surface area contributed by atoms with Gasteiger partial charge in [0, 0.05) is 18.3 Å². The van der Waals surface area contributed by atoms with Gasteiger partial charge in [-0.2, -0.15) is 0 Å². The third-order valence-corrected chi connectivity index (χ3v) is 1.82. The number of hydrogen-bond donors (Lipinski definition) is 0. The molecule has 0 aliphatic rings. The molecule has 0 saturated heterocycles. The number of aryl methyl sites for hydroxylation is 2. The number of aromatic nitrogens is 2. The molecule has 0 radical (unpaired) electrons. The van der Waals surface area contributed by atoms with Crippen LogP contribution in [0.3, 0.4) is 0 Å². The molecule has 0 aromatic carbocycles. The van der Waals surface area contributed by atoms with Crippen LogP contribution in [0.4, 0.5) is 0 Å². The molecule has 0 aliphatic carbocycles. The van der Waals surface area contributed by atoms with Gasteiger partial charge in [0.05, 0.1) is 6.61 Å². The maximum Gasteiger partial charge on any atom is 0.232 e. The summed E-state index contributed by atoms with van der Waals surface area (Å²) in [4.78, 5) is 0. The second-order valence-corrected chi connectivity index (χ2v) is 3.64. The average Bonchev–Trinajstić information content (AvgIpc) is 2.43. The molecule has 1 aromatic heterocycles. The average molecular weight is 182 g/mol. The quantitative estimate of drug-likeness (QED) is 0.714. The second kappa shape index (κ2) is 4.30. The molecule has 3 nitrogen and oxygen atoms in total. The van der Waals surface area contributed by atoms with Crippen LogP contribution in [0.5, 0.6) is 5.88 Å². The molecule has 0 atom stereocenters. The molecular formula is C10H18N2O. The van der Waals surface area contributed by atoms with Crippen LogP contribution >= 0.6 is 0 Å². The van der Waals surface area contributed by atoms with Gasteiger partial charge in [0.1, 0.15) is 0 Å². The number of hydrogen-bond acceptors (Lipinski definition) is 2. The van der Waals surface area contributed by atoms with Crippen LogP contribution in [0.2, 0.25) is 0 Å². The smallest absolute Gasteiger partial charge is 0.232 e. The van der Waals surface area contributed by atoms with E-state index in [4.69, 9.17) is 4.74 Å². The van der Waals surface area contributed by atoms with Gasteiger partial charge in [-0.05, 0) is 19.8 Å². The Morgan fingerprint density at radius 1 is 1.54 bits per heavy atom. The van der Waals surface area contributed by atoms with Gasteiger partial charge in [-0.15, -0.1) is 5.10 Å². The zero-order valence-corrected chi connectivity index (χ0v) is 8.87. The fourth-order valence-electron chi connectivity index (χ4n) is 1.12. The summed E-state index contributed by atoms with van der Waals surface area (Å²) in [5.41, 5.74) is 1.15. The largest absolute Gasteiger partial charge is 0.476 e. The van der Waals surface area contributed by atoms with Gasteiger partial charge in [0.2, 0.25) is 5.88 Å². The lowest BCUT2D eigenvalue weighted by atomic mass is 10.2. The topological polar surface area (TPSA) is 27.1 Å². The maximum atomic E-state index is 5.50. The second-order valence-electron chi connectivity index (χ2n) is 3.64. The monoisotopic (exact) mass is 182 g/mol. The Hall–Kier alpha value is -0.990. The summed E-state index contributed by atoms with van der Waals surface area (Å²) in [6.07, 6.45) is 0. The molecule has 0 saturated carbocycles. The van der Waals surface area contributed by atoms with Crippen molar-refractivity contribution in [1.29, 1.82) is 0 Å². The minimum Gasteiger partial charge on any atom is -0.476 e. The fraction of sp³-hybridized carbons (Fsp3) is 0.700. The van der Waals surface area contributed by atoms with Crippen molar-refractivity contribution in [2.75, 3.05) is 6.61 Å². The molecule has 0 N–H and O–H groups in total. The van der Waals surface area contributed by atoms with E-state index in [0.717, 1.165) is 24.7 Å². The van der Waals surface area contributed by atoms with Crippen LogP contribution in [0.1, 0.15) is 26.5 Å². The first-order valence-electron chi connectivity index (χ1n) is 4.80. The highest BCUT2D eigenvalue weighted by molar-refractivity contribution is 5.14. The Bertz CT molecular complexity index is 266. The highest BCUT2D eigenvalue weighted by Crippen LogP contribution is 2.11. The van der Waals surface area contributed by atoms with E-state index >= 15 is 0 Å². The van der Waals surface area contributed by atoms with Gasteiger partial charge >= 0.3 is 0 Å². The number of ether oxygens (including phenoxy) is 1. The van der Waals surface area contributed by atoms with Crippen LogP contribution in [-0.2, 0) is 6.54 Å². The van der Waals surface area contributed by atoms with E-state index in [9.17, 15) is 0 Å². The zero-order valence-electron chi connectivity index (χ0n) is 8.87. The van der Waals surface area contributed by atoms with Crippen molar-refractivity contribution >= 4 is 0 Å². The van der Waals surface area contributed by atoms with Crippen LogP contribution in [0.25, 0.3) is 0 Å². The fourth-order valence-corrected chi connectivity index (χ4v) is 1.12. The molecule has 1 aromatic rings. The van der Waals surface area contributed by atoms with E-state index in [1.165, 1.54) is 0 Å². The van der Waals surface area contributed by atoms with Crippen LogP contribution < -0.4 is 4.74 Å². The molecule has 0 aliphatic heterocycles. The lowest BCUT2D eigenvalue weighted by molar-refractivity contribution is 0.258. The summed E-state index contributed by atoms with van der Waals surface area (Å²) >= 11 is 0. The summed E-state index contributed by atoms with van der Waals surface area (Å²) in [6, 6.07) is 1.98. The van der Waals surface area contributed by atoms with Gasteiger partial charge in [-0.3, -0.25) is 4.68 Å². The summed E-state index contributed by atoms with van der Waals surface area (Å²) in [5, 5.41) is 4.29. The van der Waals surface area contributed by atoms with E-state index in [1.807, 2.05) is 17.7 Å². The van der Waals surface area contributed by atoms with Gasteiger partial charge in [0.15, 0.2) is 0 Å². The molecule has 0 amide bonds. The Kier molecular flexibility index (Phi) is 3.34. The van der Waals surface area contributed by atoms with Gasteiger partial charge < -0.3 is 4.74 Å². The Labute approximate surface area is 79.7 Å². The van der Waals surface area contributed by atoms with E-state index in [1.54, 1.807) is 0 Å². The Morgan fingerprint density at radius 2 is 2.23 bits per heavy atom.